The van der Waals surface area contributed by atoms with Crippen LogP contribution in [0.1, 0.15) is 13.3 Å². The SMILES string of the molecule is CC(Br)CCN(C)c1ncc2ccccc2n1. The summed E-state index contributed by atoms with van der Waals surface area (Å²) < 4.78 is 0. The van der Waals surface area contributed by atoms with Crippen LogP contribution in [0.3, 0.4) is 0 Å². The number of alkyl halides is 1. The smallest absolute Gasteiger partial charge is 0.225 e. The van der Waals surface area contributed by atoms with Crippen molar-refractivity contribution in [3.05, 3.63) is 30.5 Å². The van der Waals surface area contributed by atoms with Crippen LogP contribution in [0.5, 0.6) is 0 Å². The molecule has 0 aliphatic rings. The van der Waals surface area contributed by atoms with E-state index in [4.69, 9.17) is 0 Å². The maximum atomic E-state index is 4.55. The third-order valence-electron chi connectivity index (χ3n) is 2.68. The highest BCUT2D eigenvalue weighted by molar-refractivity contribution is 9.09. The average molecular weight is 294 g/mol. The molecule has 1 aromatic heterocycles. The minimum atomic E-state index is 0.519. The molecule has 0 N–H and O–H groups in total. The second-order valence-electron chi connectivity index (χ2n) is 4.22. The first-order valence-electron chi connectivity index (χ1n) is 5.74. The van der Waals surface area contributed by atoms with Crippen LogP contribution in [0.2, 0.25) is 0 Å². The number of rotatable bonds is 4. The summed E-state index contributed by atoms with van der Waals surface area (Å²) in [6.45, 7) is 3.10. The van der Waals surface area contributed by atoms with Crippen molar-refractivity contribution in [2.45, 2.75) is 18.2 Å². The summed E-state index contributed by atoms with van der Waals surface area (Å²) in [5, 5.41) is 1.08. The van der Waals surface area contributed by atoms with Crippen molar-refractivity contribution in [1.82, 2.24) is 9.97 Å². The molecule has 0 bridgehead atoms. The third kappa shape index (κ3) is 3.16. The van der Waals surface area contributed by atoms with Crippen LogP contribution in [0, 0.1) is 0 Å². The van der Waals surface area contributed by atoms with Crippen LogP contribution in [-0.2, 0) is 0 Å². The Hall–Kier alpha value is -1.16. The average Bonchev–Trinajstić information content (AvgIpc) is 2.35. The monoisotopic (exact) mass is 293 g/mol. The van der Waals surface area contributed by atoms with E-state index in [9.17, 15) is 0 Å². The largest absolute Gasteiger partial charge is 0.344 e. The van der Waals surface area contributed by atoms with Gasteiger partial charge in [0.05, 0.1) is 5.52 Å². The lowest BCUT2D eigenvalue weighted by molar-refractivity contribution is 0.769. The highest BCUT2D eigenvalue weighted by Gasteiger charge is 2.06. The predicted octanol–water partition coefficient (Wildman–Crippen LogP) is 3.24. The zero-order valence-corrected chi connectivity index (χ0v) is 11.7. The van der Waals surface area contributed by atoms with Gasteiger partial charge in [0, 0.05) is 30.0 Å². The van der Waals surface area contributed by atoms with Crippen molar-refractivity contribution < 1.29 is 0 Å². The Balaban J connectivity index is 2.18. The Morgan fingerprint density at radius 2 is 2.12 bits per heavy atom. The quantitative estimate of drug-likeness (QED) is 0.811. The molecule has 2 aromatic rings. The van der Waals surface area contributed by atoms with E-state index >= 15 is 0 Å². The number of nitrogens with zero attached hydrogens (tertiary/aromatic N) is 3. The summed E-state index contributed by atoms with van der Waals surface area (Å²) in [6.07, 6.45) is 2.96. The summed E-state index contributed by atoms with van der Waals surface area (Å²) in [7, 11) is 2.03. The molecule has 4 heteroatoms. The third-order valence-corrected chi connectivity index (χ3v) is 3.14. The van der Waals surface area contributed by atoms with E-state index in [1.54, 1.807) is 0 Å². The summed E-state index contributed by atoms with van der Waals surface area (Å²) >= 11 is 3.55. The molecule has 1 heterocycles. The number of fused-ring (bicyclic) bond motifs is 1. The van der Waals surface area contributed by atoms with Crippen LogP contribution in [-0.4, -0.2) is 28.4 Å². The normalized spacial score (nSPS) is 12.6. The molecule has 0 fully saturated rings. The van der Waals surface area contributed by atoms with Crippen molar-refractivity contribution in [2.24, 2.45) is 0 Å². The van der Waals surface area contributed by atoms with Crippen molar-refractivity contribution in [2.75, 3.05) is 18.5 Å². The molecule has 0 saturated carbocycles. The summed E-state index contributed by atoms with van der Waals surface area (Å²) in [4.78, 5) is 11.5. The van der Waals surface area contributed by atoms with Gasteiger partial charge in [-0.15, -0.1) is 0 Å². The molecule has 3 nitrogen and oxygen atoms in total. The standard InChI is InChI=1S/C13H16BrN3/c1-10(14)7-8-17(2)13-15-9-11-5-3-4-6-12(11)16-13/h3-6,9-10H,7-8H2,1-2H3. The van der Waals surface area contributed by atoms with E-state index in [1.165, 1.54) is 0 Å². The van der Waals surface area contributed by atoms with Gasteiger partial charge in [0.2, 0.25) is 5.95 Å². The fourth-order valence-corrected chi connectivity index (χ4v) is 1.82. The first-order valence-corrected chi connectivity index (χ1v) is 6.65. The number of aromatic nitrogens is 2. The molecule has 1 aromatic carbocycles. The number of anilines is 1. The zero-order chi connectivity index (χ0) is 12.3. The lowest BCUT2D eigenvalue weighted by Gasteiger charge is -2.17. The molecule has 0 spiro atoms. The van der Waals surface area contributed by atoms with Crippen LogP contribution < -0.4 is 4.90 Å². The van der Waals surface area contributed by atoms with Crippen LogP contribution in [0.25, 0.3) is 10.9 Å². The molecule has 0 aliphatic carbocycles. The van der Waals surface area contributed by atoms with Crippen molar-refractivity contribution in [3.8, 4) is 0 Å². The second kappa shape index (κ2) is 5.45. The molecule has 0 amide bonds. The number of hydrogen-bond donors (Lipinski definition) is 0. The van der Waals surface area contributed by atoms with Crippen molar-refractivity contribution in [3.63, 3.8) is 0 Å². The number of para-hydroxylation sites is 1. The molecule has 2 rings (SSSR count). The first-order chi connectivity index (χ1) is 8.16. The molecule has 0 radical (unpaired) electrons. The Kier molecular flexibility index (Phi) is 3.94. The Labute approximate surface area is 110 Å². The predicted molar refractivity (Wildman–Crippen MR) is 75.8 cm³/mol. The maximum Gasteiger partial charge on any atom is 0.225 e. The topological polar surface area (TPSA) is 29.0 Å². The van der Waals surface area contributed by atoms with E-state index < -0.39 is 0 Å². The van der Waals surface area contributed by atoms with Crippen LogP contribution in [0.15, 0.2) is 30.5 Å². The van der Waals surface area contributed by atoms with Crippen LogP contribution in [0.4, 0.5) is 5.95 Å². The first kappa shape index (κ1) is 12.3. The molecule has 0 saturated heterocycles. The van der Waals surface area contributed by atoms with Gasteiger partial charge in [0.25, 0.3) is 0 Å². The molecule has 1 unspecified atom stereocenters. The van der Waals surface area contributed by atoms with Gasteiger partial charge in [-0.1, -0.05) is 41.1 Å². The fourth-order valence-electron chi connectivity index (χ4n) is 1.62. The summed E-state index contributed by atoms with van der Waals surface area (Å²) in [5.41, 5.74) is 0.997. The lowest BCUT2D eigenvalue weighted by atomic mass is 10.2. The van der Waals surface area contributed by atoms with Gasteiger partial charge < -0.3 is 4.90 Å². The maximum absolute atomic E-state index is 4.55. The Morgan fingerprint density at radius 1 is 1.35 bits per heavy atom. The van der Waals surface area contributed by atoms with Gasteiger partial charge in [-0.25, -0.2) is 9.97 Å². The van der Waals surface area contributed by atoms with Gasteiger partial charge >= 0.3 is 0 Å². The van der Waals surface area contributed by atoms with Crippen molar-refractivity contribution in [1.29, 1.82) is 0 Å². The number of hydrogen-bond acceptors (Lipinski definition) is 3. The van der Waals surface area contributed by atoms with E-state index in [2.05, 4.69) is 37.7 Å². The van der Waals surface area contributed by atoms with Gasteiger partial charge in [-0.3, -0.25) is 0 Å². The van der Waals surface area contributed by atoms with Gasteiger partial charge in [-0.2, -0.15) is 0 Å². The Morgan fingerprint density at radius 3 is 2.88 bits per heavy atom. The highest BCUT2D eigenvalue weighted by Crippen LogP contribution is 2.14. The number of halogens is 1. The summed E-state index contributed by atoms with van der Waals surface area (Å²) in [6, 6.07) is 8.04. The minimum Gasteiger partial charge on any atom is -0.344 e. The highest BCUT2D eigenvalue weighted by atomic mass is 79.9. The molecular weight excluding hydrogens is 278 g/mol. The van der Waals surface area contributed by atoms with E-state index in [0.29, 0.717) is 4.83 Å². The molecule has 90 valence electrons. The fraction of sp³-hybridized carbons (Fsp3) is 0.385. The molecule has 1 atom stereocenters. The van der Waals surface area contributed by atoms with Crippen molar-refractivity contribution >= 4 is 32.8 Å². The minimum absolute atomic E-state index is 0.519. The zero-order valence-electron chi connectivity index (χ0n) is 10.1. The van der Waals surface area contributed by atoms with Crippen LogP contribution >= 0.6 is 15.9 Å². The van der Waals surface area contributed by atoms with E-state index in [1.807, 2.05) is 37.5 Å². The Bertz CT molecular complexity index is 499. The molecular formula is C13H16BrN3. The second-order valence-corrected chi connectivity index (χ2v) is 5.78. The molecule has 17 heavy (non-hydrogen) atoms. The molecule has 0 aliphatic heterocycles. The lowest BCUT2D eigenvalue weighted by Crippen LogP contribution is -2.22. The van der Waals surface area contributed by atoms with E-state index in [0.717, 1.165) is 29.8 Å². The van der Waals surface area contributed by atoms with Gasteiger partial charge in [-0.05, 0) is 12.5 Å². The van der Waals surface area contributed by atoms with E-state index in [-0.39, 0.29) is 0 Å². The van der Waals surface area contributed by atoms with Gasteiger partial charge in [0.1, 0.15) is 0 Å². The summed E-state index contributed by atoms with van der Waals surface area (Å²) in [5.74, 6) is 0.789. The van der Waals surface area contributed by atoms with Gasteiger partial charge in [0.15, 0.2) is 0 Å². The number of benzene rings is 1.